The molecule has 2 nitrogen and oxygen atoms in total. The quantitative estimate of drug-likeness (QED) is 0.890. The predicted octanol–water partition coefficient (Wildman–Crippen LogP) is 4.37. The van der Waals surface area contributed by atoms with Crippen LogP contribution in [0.5, 0.6) is 0 Å². The van der Waals surface area contributed by atoms with Crippen LogP contribution in [-0.2, 0) is 0 Å². The maximum atomic E-state index is 8.90. The Labute approximate surface area is 109 Å². The molecule has 0 aliphatic carbocycles. The van der Waals surface area contributed by atoms with Crippen LogP contribution < -0.4 is 5.32 Å². The summed E-state index contributed by atoms with van der Waals surface area (Å²) in [6, 6.07) is 15.8. The molecule has 0 bridgehead atoms. The van der Waals surface area contributed by atoms with E-state index in [0.717, 1.165) is 15.8 Å². The maximum absolute atomic E-state index is 8.90. The summed E-state index contributed by atoms with van der Waals surface area (Å²) < 4.78 is 0.895. The van der Waals surface area contributed by atoms with Gasteiger partial charge in [0.25, 0.3) is 0 Å². The number of halogens is 1. The second-order valence-electron chi connectivity index (χ2n) is 3.83. The summed E-state index contributed by atoms with van der Waals surface area (Å²) in [5.41, 5.74) is 3.76. The Balaban J connectivity index is 2.30. The molecule has 84 valence electrons. The molecule has 0 fully saturated rings. The smallest absolute Gasteiger partial charge is 0.0992 e. The van der Waals surface area contributed by atoms with Crippen molar-refractivity contribution in [2.24, 2.45) is 0 Å². The molecule has 2 aromatic carbocycles. The SMILES string of the molecule is Cc1cccc(Nc2cc(Br)cc(C#N)c2)c1. The highest BCUT2D eigenvalue weighted by Crippen LogP contribution is 2.23. The van der Waals surface area contributed by atoms with Gasteiger partial charge < -0.3 is 5.32 Å². The lowest BCUT2D eigenvalue weighted by Crippen LogP contribution is -1.91. The number of nitrogens with zero attached hydrogens (tertiary/aromatic N) is 1. The van der Waals surface area contributed by atoms with Gasteiger partial charge in [-0.15, -0.1) is 0 Å². The van der Waals surface area contributed by atoms with E-state index >= 15 is 0 Å². The van der Waals surface area contributed by atoms with E-state index in [-0.39, 0.29) is 0 Å². The summed E-state index contributed by atoms with van der Waals surface area (Å²) in [5, 5.41) is 12.2. The van der Waals surface area contributed by atoms with Gasteiger partial charge >= 0.3 is 0 Å². The molecule has 0 amide bonds. The van der Waals surface area contributed by atoms with E-state index in [4.69, 9.17) is 5.26 Å². The predicted molar refractivity (Wildman–Crippen MR) is 73.3 cm³/mol. The average molecular weight is 287 g/mol. The van der Waals surface area contributed by atoms with Crippen LogP contribution in [0.3, 0.4) is 0 Å². The molecule has 2 aromatic rings. The lowest BCUT2D eigenvalue weighted by molar-refractivity contribution is 1.43. The number of aryl methyl sites for hydroxylation is 1. The minimum Gasteiger partial charge on any atom is -0.355 e. The van der Waals surface area contributed by atoms with E-state index in [9.17, 15) is 0 Å². The van der Waals surface area contributed by atoms with Crippen LogP contribution in [0, 0.1) is 18.3 Å². The fraction of sp³-hybridized carbons (Fsp3) is 0.0714. The molecule has 0 saturated carbocycles. The van der Waals surface area contributed by atoms with Crippen molar-refractivity contribution in [3.63, 3.8) is 0 Å². The molecule has 0 saturated heterocycles. The van der Waals surface area contributed by atoms with E-state index in [2.05, 4.69) is 33.4 Å². The van der Waals surface area contributed by atoms with Gasteiger partial charge in [0.15, 0.2) is 0 Å². The monoisotopic (exact) mass is 286 g/mol. The number of rotatable bonds is 2. The molecule has 0 radical (unpaired) electrons. The van der Waals surface area contributed by atoms with Crippen LogP contribution in [-0.4, -0.2) is 0 Å². The van der Waals surface area contributed by atoms with Crippen LogP contribution >= 0.6 is 15.9 Å². The topological polar surface area (TPSA) is 35.8 Å². The Morgan fingerprint density at radius 3 is 2.65 bits per heavy atom. The van der Waals surface area contributed by atoms with Crippen LogP contribution in [0.4, 0.5) is 11.4 Å². The van der Waals surface area contributed by atoms with Gasteiger partial charge in [0, 0.05) is 15.8 Å². The van der Waals surface area contributed by atoms with Crippen LogP contribution in [0.25, 0.3) is 0 Å². The van der Waals surface area contributed by atoms with Gasteiger partial charge in [-0.25, -0.2) is 0 Å². The summed E-state index contributed by atoms with van der Waals surface area (Å²) in [4.78, 5) is 0. The van der Waals surface area contributed by atoms with Crippen LogP contribution in [0.1, 0.15) is 11.1 Å². The summed E-state index contributed by atoms with van der Waals surface area (Å²) in [6.07, 6.45) is 0. The number of benzene rings is 2. The van der Waals surface area contributed by atoms with Gasteiger partial charge in [-0.2, -0.15) is 5.26 Å². The lowest BCUT2D eigenvalue weighted by Gasteiger charge is -2.08. The van der Waals surface area contributed by atoms with Crippen LogP contribution in [0.2, 0.25) is 0 Å². The van der Waals surface area contributed by atoms with Crippen molar-refractivity contribution in [3.05, 3.63) is 58.1 Å². The summed E-state index contributed by atoms with van der Waals surface area (Å²) in [6.45, 7) is 2.05. The molecule has 3 heteroatoms. The van der Waals surface area contributed by atoms with E-state index < -0.39 is 0 Å². The van der Waals surface area contributed by atoms with E-state index in [1.165, 1.54) is 5.56 Å². The lowest BCUT2D eigenvalue weighted by atomic mass is 10.2. The molecule has 2 rings (SSSR count). The molecule has 0 atom stereocenters. The van der Waals surface area contributed by atoms with E-state index in [0.29, 0.717) is 5.56 Å². The Morgan fingerprint density at radius 2 is 1.94 bits per heavy atom. The zero-order chi connectivity index (χ0) is 12.3. The first-order valence-corrected chi connectivity index (χ1v) is 6.01. The van der Waals surface area contributed by atoms with Gasteiger partial charge in [0.05, 0.1) is 11.6 Å². The minimum absolute atomic E-state index is 0.634. The number of hydrogen-bond donors (Lipinski definition) is 1. The molecular formula is C14H11BrN2. The third-order valence-corrected chi connectivity index (χ3v) is 2.79. The number of nitrogens with one attached hydrogen (secondary N) is 1. The molecule has 0 aromatic heterocycles. The Morgan fingerprint density at radius 1 is 1.12 bits per heavy atom. The third-order valence-electron chi connectivity index (χ3n) is 2.33. The highest BCUT2D eigenvalue weighted by atomic mass is 79.9. The van der Waals surface area contributed by atoms with Crippen molar-refractivity contribution in [3.8, 4) is 6.07 Å². The minimum atomic E-state index is 0.634. The molecule has 0 spiro atoms. The first-order valence-electron chi connectivity index (χ1n) is 5.22. The van der Waals surface area contributed by atoms with Crippen molar-refractivity contribution < 1.29 is 0 Å². The van der Waals surface area contributed by atoms with E-state index in [1.807, 2.05) is 37.3 Å². The van der Waals surface area contributed by atoms with E-state index in [1.54, 1.807) is 6.07 Å². The number of hydrogen-bond acceptors (Lipinski definition) is 2. The van der Waals surface area contributed by atoms with Gasteiger partial charge in [-0.3, -0.25) is 0 Å². The highest BCUT2D eigenvalue weighted by molar-refractivity contribution is 9.10. The fourth-order valence-electron chi connectivity index (χ4n) is 1.62. The average Bonchev–Trinajstić information content (AvgIpc) is 2.28. The second kappa shape index (κ2) is 5.03. The fourth-order valence-corrected chi connectivity index (χ4v) is 2.11. The van der Waals surface area contributed by atoms with Crippen molar-refractivity contribution >= 4 is 27.3 Å². The molecule has 1 N–H and O–H groups in total. The normalized spacial score (nSPS) is 9.71. The molecule has 17 heavy (non-hydrogen) atoms. The third kappa shape index (κ3) is 3.08. The van der Waals surface area contributed by atoms with Crippen molar-refractivity contribution in [1.82, 2.24) is 0 Å². The zero-order valence-corrected chi connectivity index (χ0v) is 11.0. The maximum Gasteiger partial charge on any atom is 0.0992 e. The highest BCUT2D eigenvalue weighted by Gasteiger charge is 1.99. The molecule has 0 aliphatic heterocycles. The van der Waals surface area contributed by atoms with Crippen molar-refractivity contribution in [2.45, 2.75) is 6.92 Å². The van der Waals surface area contributed by atoms with Gasteiger partial charge in [-0.1, -0.05) is 28.1 Å². The zero-order valence-electron chi connectivity index (χ0n) is 9.37. The van der Waals surface area contributed by atoms with Crippen molar-refractivity contribution in [1.29, 1.82) is 5.26 Å². The number of nitriles is 1. The van der Waals surface area contributed by atoms with Gasteiger partial charge in [0.1, 0.15) is 0 Å². The van der Waals surface area contributed by atoms with Crippen LogP contribution in [0.15, 0.2) is 46.9 Å². The first-order chi connectivity index (χ1) is 8.17. The number of anilines is 2. The summed E-state index contributed by atoms with van der Waals surface area (Å²) in [5.74, 6) is 0. The van der Waals surface area contributed by atoms with Crippen molar-refractivity contribution in [2.75, 3.05) is 5.32 Å². The Bertz CT molecular complexity index is 585. The van der Waals surface area contributed by atoms with Gasteiger partial charge in [0.2, 0.25) is 0 Å². The summed E-state index contributed by atoms with van der Waals surface area (Å²) in [7, 11) is 0. The molecule has 0 aliphatic rings. The Kier molecular flexibility index (Phi) is 3.46. The standard InChI is InChI=1S/C14H11BrN2/c1-10-3-2-4-13(5-10)17-14-7-11(9-16)6-12(15)8-14/h2-8,17H,1H3. The first kappa shape index (κ1) is 11.7. The summed E-state index contributed by atoms with van der Waals surface area (Å²) >= 11 is 3.39. The molecule has 0 unspecified atom stereocenters. The molecular weight excluding hydrogens is 276 g/mol. The molecule has 0 heterocycles. The second-order valence-corrected chi connectivity index (χ2v) is 4.75. The van der Waals surface area contributed by atoms with Gasteiger partial charge in [-0.05, 0) is 42.8 Å². The Hall–Kier alpha value is -1.79. The largest absolute Gasteiger partial charge is 0.355 e.